The minimum absolute atomic E-state index is 0.732. The van der Waals surface area contributed by atoms with Crippen LogP contribution in [-0.2, 0) is 0 Å². The Morgan fingerprint density at radius 2 is 1.95 bits per heavy atom. The van der Waals surface area contributed by atoms with E-state index in [1.165, 1.54) is 0 Å². The molecule has 2 heterocycles. The predicted molar refractivity (Wildman–Crippen MR) is 81.6 cm³/mol. The number of hydrogen-bond acceptors (Lipinski definition) is 4. The fraction of sp³-hybridized carbons (Fsp3) is 0.143. The lowest BCUT2D eigenvalue weighted by atomic mass is 10.3. The highest BCUT2D eigenvalue weighted by molar-refractivity contribution is 7.22. The quantitative estimate of drug-likeness (QED) is 0.743. The molecule has 5 heteroatoms. The summed E-state index contributed by atoms with van der Waals surface area (Å²) in [5, 5.41) is 4.90. The molecule has 0 amide bonds. The molecule has 0 radical (unpaired) electrons. The normalized spacial score (nSPS) is 10.9. The Morgan fingerprint density at radius 3 is 2.74 bits per heavy atom. The first-order valence-electron chi connectivity index (χ1n) is 5.89. The minimum Gasteiger partial charge on any atom is -0.330 e. The molecule has 96 valence electrons. The third-order valence-corrected chi connectivity index (χ3v) is 3.99. The van der Waals surface area contributed by atoms with Crippen LogP contribution in [0.1, 0.15) is 11.4 Å². The van der Waals surface area contributed by atoms with E-state index in [-0.39, 0.29) is 0 Å². The lowest BCUT2D eigenvalue weighted by Gasteiger charge is -2.06. The molecule has 2 aromatic heterocycles. The molecule has 0 aliphatic carbocycles. The van der Waals surface area contributed by atoms with Crippen LogP contribution in [0.15, 0.2) is 30.3 Å². The standard InChI is InChI=1S/C14H12ClN3S/c1-8-3-5-11(9(2)16-8)17-14-18-12-6-4-10(15)7-13(12)19-14/h3-7H,1-2H3,(H,17,18). The van der Waals surface area contributed by atoms with Crippen molar-refractivity contribution in [1.29, 1.82) is 0 Å². The summed E-state index contributed by atoms with van der Waals surface area (Å²) in [6, 6.07) is 9.72. The highest BCUT2D eigenvalue weighted by Gasteiger charge is 2.06. The van der Waals surface area contributed by atoms with E-state index in [4.69, 9.17) is 11.6 Å². The second kappa shape index (κ2) is 4.79. The van der Waals surface area contributed by atoms with Crippen molar-refractivity contribution in [2.75, 3.05) is 5.32 Å². The maximum Gasteiger partial charge on any atom is 0.188 e. The van der Waals surface area contributed by atoms with Crippen molar-refractivity contribution in [3.63, 3.8) is 0 Å². The van der Waals surface area contributed by atoms with Crippen LogP contribution in [0.2, 0.25) is 5.02 Å². The first-order chi connectivity index (χ1) is 9.11. The fourth-order valence-corrected chi connectivity index (χ4v) is 3.04. The molecule has 0 spiro atoms. The number of nitrogens with one attached hydrogen (secondary N) is 1. The van der Waals surface area contributed by atoms with Crippen LogP contribution in [0.4, 0.5) is 10.8 Å². The number of pyridine rings is 1. The Labute approximate surface area is 120 Å². The van der Waals surface area contributed by atoms with Gasteiger partial charge >= 0.3 is 0 Å². The SMILES string of the molecule is Cc1ccc(Nc2nc3ccc(Cl)cc3s2)c(C)n1. The molecule has 0 unspecified atom stereocenters. The number of benzene rings is 1. The van der Waals surface area contributed by atoms with Crippen LogP contribution in [0.25, 0.3) is 10.2 Å². The number of fused-ring (bicyclic) bond motifs is 1. The zero-order chi connectivity index (χ0) is 13.4. The summed E-state index contributed by atoms with van der Waals surface area (Å²) < 4.78 is 1.08. The van der Waals surface area contributed by atoms with Gasteiger partial charge in [-0.25, -0.2) is 4.98 Å². The second-order valence-corrected chi connectivity index (χ2v) is 5.81. The summed E-state index contributed by atoms with van der Waals surface area (Å²) >= 11 is 7.56. The molecule has 19 heavy (non-hydrogen) atoms. The fourth-order valence-electron chi connectivity index (χ4n) is 1.89. The van der Waals surface area contributed by atoms with Crippen molar-refractivity contribution in [1.82, 2.24) is 9.97 Å². The van der Waals surface area contributed by atoms with Gasteiger partial charge < -0.3 is 5.32 Å². The molecule has 0 aliphatic heterocycles. The number of hydrogen-bond donors (Lipinski definition) is 1. The summed E-state index contributed by atoms with van der Waals surface area (Å²) in [6.07, 6.45) is 0. The van der Waals surface area contributed by atoms with E-state index in [0.29, 0.717) is 0 Å². The van der Waals surface area contributed by atoms with Gasteiger partial charge in [0.2, 0.25) is 0 Å². The highest BCUT2D eigenvalue weighted by atomic mass is 35.5. The van der Waals surface area contributed by atoms with Crippen LogP contribution in [0.3, 0.4) is 0 Å². The largest absolute Gasteiger partial charge is 0.330 e. The zero-order valence-corrected chi connectivity index (χ0v) is 12.1. The molecule has 3 nitrogen and oxygen atoms in total. The van der Waals surface area contributed by atoms with E-state index in [1.807, 2.05) is 44.2 Å². The molecular formula is C14H12ClN3S. The Hall–Kier alpha value is -1.65. The number of anilines is 2. The van der Waals surface area contributed by atoms with Crippen molar-refractivity contribution >= 4 is 44.0 Å². The van der Waals surface area contributed by atoms with Crippen LogP contribution in [0.5, 0.6) is 0 Å². The van der Waals surface area contributed by atoms with Crippen molar-refractivity contribution in [2.45, 2.75) is 13.8 Å². The van der Waals surface area contributed by atoms with Crippen LogP contribution in [-0.4, -0.2) is 9.97 Å². The Kier molecular flexibility index (Phi) is 3.12. The third-order valence-electron chi connectivity index (χ3n) is 2.82. The molecule has 0 fully saturated rings. The number of nitrogens with zero attached hydrogens (tertiary/aromatic N) is 2. The molecule has 1 aromatic carbocycles. The van der Waals surface area contributed by atoms with E-state index >= 15 is 0 Å². The highest BCUT2D eigenvalue weighted by Crippen LogP contribution is 2.30. The summed E-state index contributed by atoms with van der Waals surface area (Å²) in [4.78, 5) is 8.96. The summed E-state index contributed by atoms with van der Waals surface area (Å²) in [5.74, 6) is 0. The summed E-state index contributed by atoms with van der Waals surface area (Å²) in [6.45, 7) is 3.97. The van der Waals surface area contributed by atoms with Crippen LogP contribution >= 0.6 is 22.9 Å². The predicted octanol–water partition coefficient (Wildman–Crippen LogP) is 4.71. The van der Waals surface area contributed by atoms with Crippen LogP contribution < -0.4 is 5.32 Å². The Balaban J connectivity index is 1.96. The number of thiazole rings is 1. The molecule has 0 aliphatic rings. The Bertz CT molecular complexity index is 752. The van der Waals surface area contributed by atoms with Gasteiger partial charge in [0.1, 0.15) is 0 Å². The smallest absolute Gasteiger partial charge is 0.188 e. The molecule has 0 bridgehead atoms. The van der Waals surface area contributed by atoms with Gasteiger partial charge in [-0.05, 0) is 44.2 Å². The molecule has 1 N–H and O–H groups in total. The van der Waals surface area contributed by atoms with Gasteiger partial charge in [0.15, 0.2) is 5.13 Å². The third kappa shape index (κ3) is 2.55. The van der Waals surface area contributed by atoms with Gasteiger partial charge in [0, 0.05) is 10.7 Å². The van der Waals surface area contributed by atoms with Gasteiger partial charge in [0.05, 0.1) is 21.6 Å². The van der Waals surface area contributed by atoms with Crippen molar-refractivity contribution in [3.05, 3.63) is 46.7 Å². The molecule has 0 saturated heterocycles. The topological polar surface area (TPSA) is 37.8 Å². The lowest BCUT2D eigenvalue weighted by Crippen LogP contribution is -1.95. The molecular weight excluding hydrogens is 278 g/mol. The molecule has 3 aromatic rings. The average molecular weight is 290 g/mol. The summed E-state index contributed by atoms with van der Waals surface area (Å²) in [7, 11) is 0. The number of halogens is 1. The number of aromatic nitrogens is 2. The first-order valence-corrected chi connectivity index (χ1v) is 7.08. The van der Waals surface area contributed by atoms with Gasteiger partial charge in [-0.2, -0.15) is 0 Å². The number of aryl methyl sites for hydroxylation is 2. The lowest BCUT2D eigenvalue weighted by molar-refractivity contribution is 1.12. The molecule has 0 saturated carbocycles. The van der Waals surface area contributed by atoms with Crippen molar-refractivity contribution in [3.8, 4) is 0 Å². The van der Waals surface area contributed by atoms with E-state index in [0.717, 1.165) is 37.4 Å². The van der Waals surface area contributed by atoms with Gasteiger partial charge in [-0.1, -0.05) is 22.9 Å². The van der Waals surface area contributed by atoms with Crippen molar-refractivity contribution < 1.29 is 0 Å². The second-order valence-electron chi connectivity index (χ2n) is 4.34. The Morgan fingerprint density at radius 1 is 1.11 bits per heavy atom. The van der Waals surface area contributed by atoms with Crippen LogP contribution in [0, 0.1) is 13.8 Å². The average Bonchev–Trinajstić information content (AvgIpc) is 2.74. The van der Waals surface area contributed by atoms with E-state index < -0.39 is 0 Å². The van der Waals surface area contributed by atoms with E-state index in [1.54, 1.807) is 11.3 Å². The maximum atomic E-state index is 5.98. The van der Waals surface area contributed by atoms with E-state index in [9.17, 15) is 0 Å². The monoisotopic (exact) mass is 289 g/mol. The first kappa shape index (κ1) is 12.4. The minimum atomic E-state index is 0.732. The zero-order valence-electron chi connectivity index (χ0n) is 10.6. The maximum absolute atomic E-state index is 5.98. The number of rotatable bonds is 2. The van der Waals surface area contributed by atoms with Gasteiger partial charge in [0.25, 0.3) is 0 Å². The van der Waals surface area contributed by atoms with Gasteiger partial charge in [-0.3, -0.25) is 4.98 Å². The van der Waals surface area contributed by atoms with E-state index in [2.05, 4.69) is 15.3 Å². The van der Waals surface area contributed by atoms with Crippen molar-refractivity contribution in [2.24, 2.45) is 0 Å². The summed E-state index contributed by atoms with van der Waals surface area (Å²) in [5.41, 5.74) is 3.92. The molecule has 0 atom stereocenters. The molecule has 3 rings (SSSR count). The van der Waals surface area contributed by atoms with Gasteiger partial charge in [-0.15, -0.1) is 0 Å².